The van der Waals surface area contributed by atoms with Gasteiger partial charge in [-0.15, -0.1) is 0 Å². The first kappa shape index (κ1) is 17.0. The van der Waals surface area contributed by atoms with Crippen LogP contribution >= 0.6 is 0 Å². The van der Waals surface area contributed by atoms with E-state index in [1.165, 1.54) is 16.3 Å². The smallest absolute Gasteiger partial charge is 0.264 e. The van der Waals surface area contributed by atoms with Crippen LogP contribution in [0.4, 0.5) is 0 Å². The molecular weight excluding hydrogens is 328 g/mol. The Hall–Kier alpha value is -2.40. The minimum absolute atomic E-state index is 0.0619. The number of carbonyl (C=O) groups is 1. The van der Waals surface area contributed by atoms with Gasteiger partial charge in [-0.2, -0.15) is 0 Å². The van der Waals surface area contributed by atoms with Gasteiger partial charge < -0.3 is 14.9 Å². The highest BCUT2D eigenvalue weighted by Crippen LogP contribution is 2.22. The summed E-state index contributed by atoms with van der Waals surface area (Å²) in [6.07, 6.45) is 2.79. The van der Waals surface area contributed by atoms with Gasteiger partial charge in [0, 0.05) is 32.6 Å². The van der Waals surface area contributed by atoms with E-state index in [9.17, 15) is 4.79 Å². The van der Waals surface area contributed by atoms with E-state index in [1.54, 1.807) is 0 Å². The van der Waals surface area contributed by atoms with Crippen molar-refractivity contribution >= 4 is 22.4 Å². The molecule has 1 N–H and O–H groups in total. The van der Waals surface area contributed by atoms with Crippen LogP contribution in [0.3, 0.4) is 0 Å². The normalized spacial score (nSPS) is 20.6. The van der Waals surface area contributed by atoms with E-state index in [0.29, 0.717) is 25.3 Å². The summed E-state index contributed by atoms with van der Waals surface area (Å²) < 4.78 is 5.35. The molecule has 26 heavy (non-hydrogen) atoms. The van der Waals surface area contributed by atoms with Crippen LogP contribution in [0.25, 0.3) is 10.8 Å². The number of nitrogens with one attached hydrogen (secondary N) is 1. The van der Waals surface area contributed by atoms with E-state index < -0.39 is 6.10 Å². The molecule has 136 valence electrons. The Balaban J connectivity index is 1.32. The summed E-state index contributed by atoms with van der Waals surface area (Å²) in [5.41, 5.74) is 2.14. The average Bonchev–Trinajstić information content (AvgIpc) is 3.16. The fourth-order valence-electron chi connectivity index (χ4n) is 3.65. The molecule has 2 aliphatic rings. The second-order valence-corrected chi connectivity index (χ2v) is 7.07. The van der Waals surface area contributed by atoms with Crippen LogP contribution in [0, 0.1) is 5.92 Å². The third kappa shape index (κ3) is 3.88. The van der Waals surface area contributed by atoms with Gasteiger partial charge in [-0.25, -0.2) is 0 Å². The summed E-state index contributed by atoms with van der Waals surface area (Å²) in [6.45, 7) is 2.28. The fourth-order valence-corrected chi connectivity index (χ4v) is 3.65. The topological polar surface area (TPSA) is 59.9 Å². The lowest BCUT2D eigenvalue weighted by Gasteiger charge is -2.22. The summed E-state index contributed by atoms with van der Waals surface area (Å²) in [5, 5.41) is 9.63. The number of amides is 1. The van der Waals surface area contributed by atoms with Gasteiger partial charge >= 0.3 is 0 Å². The Labute approximate surface area is 153 Å². The Morgan fingerprint density at radius 1 is 1.12 bits per heavy atom. The lowest BCUT2D eigenvalue weighted by atomic mass is 9.98. The van der Waals surface area contributed by atoms with E-state index in [1.807, 2.05) is 12.1 Å². The van der Waals surface area contributed by atoms with E-state index in [4.69, 9.17) is 9.57 Å². The van der Waals surface area contributed by atoms with Crippen molar-refractivity contribution < 1.29 is 14.4 Å². The number of hydrogen-bond acceptors (Lipinski definition) is 4. The van der Waals surface area contributed by atoms with Gasteiger partial charge in [0.05, 0.1) is 5.71 Å². The molecule has 5 nitrogen and oxygen atoms in total. The molecule has 2 heterocycles. The van der Waals surface area contributed by atoms with Crippen LogP contribution in [0.15, 0.2) is 47.6 Å². The van der Waals surface area contributed by atoms with Crippen molar-refractivity contribution in [3.8, 4) is 0 Å². The second-order valence-electron chi connectivity index (χ2n) is 7.07. The molecule has 2 aromatic rings. The lowest BCUT2D eigenvalue weighted by Crippen LogP contribution is -2.38. The number of oxime groups is 1. The summed E-state index contributed by atoms with van der Waals surface area (Å²) in [6, 6.07) is 14.6. The minimum atomic E-state index is -0.500. The minimum Gasteiger partial charge on any atom is -0.382 e. The predicted molar refractivity (Wildman–Crippen MR) is 101 cm³/mol. The summed E-state index contributed by atoms with van der Waals surface area (Å²) in [7, 11) is 0. The molecular formula is C21H24N2O3. The number of carbonyl (C=O) groups excluding carboxylic acids is 1. The third-order valence-electron chi connectivity index (χ3n) is 5.20. The molecule has 0 spiro atoms. The number of ether oxygens (including phenoxy) is 1. The van der Waals surface area contributed by atoms with Crippen molar-refractivity contribution in [1.29, 1.82) is 0 Å². The molecule has 0 aromatic heterocycles. The molecule has 1 unspecified atom stereocenters. The monoisotopic (exact) mass is 352 g/mol. The van der Waals surface area contributed by atoms with Gasteiger partial charge in [0.15, 0.2) is 0 Å². The van der Waals surface area contributed by atoms with Gasteiger partial charge in [-0.3, -0.25) is 4.79 Å². The van der Waals surface area contributed by atoms with Crippen LogP contribution in [-0.4, -0.2) is 37.5 Å². The number of rotatable bonds is 5. The zero-order valence-corrected chi connectivity index (χ0v) is 14.8. The Bertz CT molecular complexity index is 807. The molecule has 2 aromatic carbocycles. The second kappa shape index (κ2) is 7.87. The van der Waals surface area contributed by atoms with Crippen molar-refractivity contribution in [2.45, 2.75) is 31.8 Å². The maximum absolute atomic E-state index is 12.4. The van der Waals surface area contributed by atoms with E-state index in [-0.39, 0.29) is 5.91 Å². The maximum Gasteiger partial charge on any atom is 0.264 e. The molecule has 1 saturated heterocycles. The molecule has 2 aliphatic heterocycles. The van der Waals surface area contributed by atoms with E-state index in [2.05, 4.69) is 40.8 Å². The average molecular weight is 352 g/mol. The molecule has 0 bridgehead atoms. The predicted octanol–water partition coefficient (Wildman–Crippen LogP) is 3.07. The highest BCUT2D eigenvalue weighted by atomic mass is 16.6. The Morgan fingerprint density at radius 2 is 1.92 bits per heavy atom. The van der Waals surface area contributed by atoms with E-state index >= 15 is 0 Å². The van der Waals surface area contributed by atoms with Crippen LogP contribution in [0.2, 0.25) is 0 Å². The zero-order valence-electron chi connectivity index (χ0n) is 14.8. The first-order chi connectivity index (χ1) is 12.8. The highest BCUT2D eigenvalue weighted by molar-refractivity contribution is 5.96. The van der Waals surface area contributed by atoms with Gasteiger partial charge in [-0.05, 0) is 35.1 Å². The molecule has 1 fully saturated rings. The largest absolute Gasteiger partial charge is 0.382 e. The van der Waals surface area contributed by atoms with Crippen LogP contribution in [-0.2, 0) is 20.8 Å². The SMILES string of the molecule is O=C(NCC1CCOCC1)C1CC(Cc2cccc3ccccc23)=NO1. The van der Waals surface area contributed by atoms with Crippen LogP contribution in [0.5, 0.6) is 0 Å². The van der Waals surface area contributed by atoms with Crippen molar-refractivity contribution in [1.82, 2.24) is 5.32 Å². The first-order valence-corrected chi connectivity index (χ1v) is 9.33. The lowest BCUT2D eigenvalue weighted by molar-refractivity contribution is -0.131. The molecule has 0 saturated carbocycles. The summed E-state index contributed by atoms with van der Waals surface area (Å²) in [4.78, 5) is 17.8. The molecule has 1 amide bonds. The van der Waals surface area contributed by atoms with Crippen molar-refractivity contribution in [2.75, 3.05) is 19.8 Å². The Morgan fingerprint density at radius 3 is 2.81 bits per heavy atom. The van der Waals surface area contributed by atoms with Gasteiger partial charge in [0.1, 0.15) is 0 Å². The maximum atomic E-state index is 12.4. The molecule has 5 heteroatoms. The van der Waals surface area contributed by atoms with Gasteiger partial charge in [-0.1, -0.05) is 47.6 Å². The summed E-state index contributed by atoms with van der Waals surface area (Å²) >= 11 is 0. The molecule has 0 aliphatic carbocycles. The van der Waals surface area contributed by atoms with Crippen molar-refractivity contribution in [2.24, 2.45) is 11.1 Å². The third-order valence-corrected chi connectivity index (χ3v) is 5.20. The number of hydrogen-bond donors (Lipinski definition) is 1. The van der Waals surface area contributed by atoms with Crippen LogP contribution in [0.1, 0.15) is 24.8 Å². The molecule has 0 radical (unpaired) electrons. The van der Waals surface area contributed by atoms with Crippen molar-refractivity contribution in [3.05, 3.63) is 48.0 Å². The zero-order chi connectivity index (χ0) is 17.8. The molecule has 1 atom stereocenters. The van der Waals surface area contributed by atoms with Gasteiger partial charge in [0.25, 0.3) is 5.91 Å². The van der Waals surface area contributed by atoms with Gasteiger partial charge in [0.2, 0.25) is 6.10 Å². The van der Waals surface area contributed by atoms with Crippen molar-refractivity contribution in [3.63, 3.8) is 0 Å². The fraction of sp³-hybridized carbons (Fsp3) is 0.429. The number of benzene rings is 2. The standard InChI is InChI=1S/C21H24N2O3/c24-21(22-14-15-8-10-25-11-9-15)20-13-18(23-26-20)12-17-6-3-5-16-4-1-2-7-19(16)17/h1-7,15,20H,8-14H2,(H,22,24). The molecule has 4 rings (SSSR count). The first-order valence-electron chi connectivity index (χ1n) is 9.33. The summed E-state index contributed by atoms with van der Waals surface area (Å²) in [5.74, 6) is 0.443. The quantitative estimate of drug-likeness (QED) is 0.900. The highest BCUT2D eigenvalue weighted by Gasteiger charge is 2.28. The number of nitrogens with zero attached hydrogens (tertiary/aromatic N) is 1. The van der Waals surface area contributed by atoms with E-state index in [0.717, 1.165) is 31.8 Å². The number of fused-ring (bicyclic) bond motifs is 1. The Kier molecular flexibility index (Phi) is 5.16. The van der Waals surface area contributed by atoms with Crippen LogP contribution < -0.4 is 5.32 Å².